The highest BCUT2D eigenvalue weighted by Crippen LogP contribution is 2.21. The highest BCUT2D eigenvalue weighted by Gasteiger charge is 2.19. The van der Waals surface area contributed by atoms with E-state index in [4.69, 9.17) is 0 Å². The smallest absolute Gasteiger partial charge is 0.270 e. The molecule has 1 aliphatic rings. The molecule has 0 aromatic carbocycles. The van der Waals surface area contributed by atoms with Crippen LogP contribution in [-0.4, -0.2) is 33.9 Å². The van der Waals surface area contributed by atoms with Gasteiger partial charge in [-0.2, -0.15) is 0 Å². The van der Waals surface area contributed by atoms with Crippen LogP contribution in [0.2, 0.25) is 0 Å². The molecule has 2 aromatic rings. The van der Waals surface area contributed by atoms with Gasteiger partial charge in [0.25, 0.3) is 5.91 Å². The van der Waals surface area contributed by atoms with E-state index in [1.54, 1.807) is 18.5 Å². The van der Waals surface area contributed by atoms with Gasteiger partial charge in [-0.1, -0.05) is 13.0 Å². The molecule has 1 aliphatic heterocycles. The predicted octanol–water partition coefficient (Wildman–Crippen LogP) is 2.04. The molecule has 6 nitrogen and oxygen atoms in total. The van der Waals surface area contributed by atoms with Crippen LogP contribution in [0.1, 0.15) is 35.8 Å². The number of aromatic nitrogens is 3. The molecule has 1 fully saturated rings. The SMILES string of the molecule is CC1CCCN(c2cc(C(=O)NCc3cccnc3)ncn2)C1. The van der Waals surface area contributed by atoms with Gasteiger partial charge in [0, 0.05) is 38.1 Å². The number of anilines is 1. The van der Waals surface area contributed by atoms with Gasteiger partial charge in [-0.05, 0) is 30.4 Å². The first-order valence-corrected chi connectivity index (χ1v) is 7.96. The lowest BCUT2D eigenvalue weighted by molar-refractivity contribution is 0.0945. The summed E-state index contributed by atoms with van der Waals surface area (Å²) in [5, 5.41) is 2.87. The highest BCUT2D eigenvalue weighted by atomic mass is 16.1. The molecule has 120 valence electrons. The van der Waals surface area contributed by atoms with E-state index in [1.807, 2.05) is 12.1 Å². The fraction of sp³-hybridized carbons (Fsp3) is 0.412. The third-order valence-electron chi connectivity index (χ3n) is 4.04. The summed E-state index contributed by atoms with van der Waals surface area (Å²) < 4.78 is 0. The maximum absolute atomic E-state index is 12.3. The van der Waals surface area contributed by atoms with E-state index in [0.717, 1.165) is 30.9 Å². The normalized spacial score (nSPS) is 17.8. The van der Waals surface area contributed by atoms with Crippen LogP contribution in [0.3, 0.4) is 0 Å². The van der Waals surface area contributed by atoms with E-state index in [2.05, 4.69) is 32.1 Å². The lowest BCUT2D eigenvalue weighted by Gasteiger charge is -2.31. The maximum atomic E-state index is 12.3. The van der Waals surface area contributed by atoms with Crippen molar-refractivity contribution < 1.29 is 4.79 Å². The summed E-state index contributed by atoms with van der Waals surface area (Å²) in [7, 11) is 0. The van der Waals surface area contributed by atoms with Crippen LogP contribution in [0.4, 0.5) is 5.82 Å². The highest BCUT2D eigenvalue weighted by molar-refractivity contribution is 5.92. The van der Waals surface area contributed by atoms with E-state index in [9.17, 15) is 4.79 Å². The molecule has 1 saturated heterocycles. The number of rotatable bonds is 4. The van der Waals surface area contributed by atoms with Gasteiger partial charge in [-0.3, -0.25) is 9.78 Å². The Balaban J connectivity index is 1.65. The van der Waals surface area contributed by atoms with Crippen molar-refractivity contribution >= 4 is 11.7 Å². The van der Waals surface area contributed by atoms with Crippen molar-refractivity contribution in [1.29, 1.82) is 0 Å². The van der Waals surface area contributed by atoms with Crippen LogP contribution < -0.4 is 10.2 Å². The van der Waals surface area contributed by atoms with Gasteiger partial charge in [0.05, 0.1) is 0 Å². The molecule has 23 heavy (non-hydrogen) atoms. The fourth-order valence-electron chi connectivity index (χ4n) is 2.82. The number of nitrogens with one attached hydrogen (secondary N) is 1. The van der Waals surface area contributed by atoms with Crippen LogP contribution in [0.25, 0.3) is 0 Å². The molecule has 0 bridgehead atoms. The van der Waals surface area contributed by atoms with Crippen molar-refractivity contribution in [1.82, 2.24) is 20.3 Å². The van der Waals surface area contributed by atoms with Crippen LogP contribution in [-0.2, 0) is 6.54 Å². The molecule has 3 heterocycles. The minimum Gasteiger partial charge on any atom is -0.356 e. The van der Waals surface area contributed by atoms with Crippen LogP contribution in [0.5, 0.6) is 0 Å². The Labute approximate surface area is 136 Å². The summed E-state index contributed by atoms with van der Waals surface area (Å²) in [6.07, 6.45) is 7.32. The molecule has 1 N–H and O–H groups in total. The second kappa shape index (κ2) is 7.17. The quantitative estimate of drug-likeness (QED) is 0.935. The Kier molecular flexibility index (Phi) is 4.80. The number of carbonyl (C=O) groups excluding carboxylic acids is 1. The summed E-state index contributed by atoms with van der Waals surface area (Å²) in [6.45, 7) is 4.65. The van der Waals surface area contributed by atoms with Crippen LogP contribution in [0, 0.1) is 5.92 Å². The summed E-state index contributed by atoms with van der Waals surface area (Å²) >= 11 is 0. The van der Waals surface area contributed by atoms with Gasteiger partial charge < -0.3 is 10.2 Å². The lowest BCUT2D eigenvalue weighted by atomic mass is 10.0. The zero-order chi connectivity index (χ0) is 16.1. The molecule has 6 heteroatoms. The lowest BCUT2D eigenvalue weighted by Crippen LogP contribution is -2.35. The second-order valence-corrected chi connectivity index (χ2v) is 6.00. The van der Waals surface area contributed by atoms with Gasteiger partial charge in [0.15, 0.2) is 0 Å². The number of nitrogens with zero attached hydrogens (tertiary/aromatic N) is 4. The van der Waals surface area contributed by atoms with E-state index >= 15 is 0 Å². The average molecular weight is 311 g/mol. The first kappa shape index (κ1) is 15.4. The third kappa shape index (κ3) is 4.03. The average Bonchev–Trinajstić information content (AvgIpc) is 2.61. The minimum absolute atomic E-state index is 0.192. The summed E-state index contributed by atoms with van der Waals surface area (Å²) in [5.74, 6) is 1.29. The van der Waals surface area contributed by atoms with Crippen molar-refractivity contribution in [2.75, 3.05) is 18.0 Å². The van der Waals surface area contributed by atoms with E-state index in [0.29, 0.717) is 18.2 Å². The number of hydrogen-bond donors (Lipinski definition) is 1. The van der Waals surface area contributed by atoms with Crippen LogP contribution >= 0.6 is 0 Å². The van der Waals surface area contributed by atoms with Crippen molar-refractivity contribution in [2.24, 2.45) is 5.92 Å². The van der Waals surface area contributed by atoms with E-state index in [-0.39, 0.29) is 5.91 Å². The van der Waals surface area contributed by atoms with Crippen molar-refractivity contribution in [3.05, 3.63) is 48.2 Å². The van der Waals surface area contributed by atoms with Crippen molar-refractivity contribution in [3.8, 4) is 0 Å². The van der Waals surface area contributed by atoms with Gasteiger partial charge >= 0.3 is 0 Å². The minimum atomic E-state index is -0.192. The number of amides is 1. The summed E-state index contributed by atoms with van der Waals surface area (Å²) in [5.41, 5.74) is 1.36. The number of hydrogen-bond acceptors (Lipinski definition) is 5. The molecule has 0 radical (unpaired) electrons. The fourth-order valence-corrected chi connectivity index (χ4v) is 2.82. The summed E-state index contributed by atoms with van der Waals surface area (Å²) in [6, 6.07) is 5.55. The van der Waals surface area contributed by atoms with E-state index in [1.165, 1.54) is 12.7 Å². The van der Waals surface area contributed by atoms with Gasteiger partial charge in [-0.15, -0.1) is 0 Å². The molecule has 1 atom stereocenters. The first-order chi connectivity index (χ1) is 11.2. The Morgan fingerprint density at radius 2 is 2.35 bits per heavy atom. The third-order valence-corrected chi connectivity index (χ3v) is 4.04. The largest absolute Gasteiger partial charge is 0.356 e. The Morgan fingerprint density at radius 3 is 3.13 bits per heavy atom. The monoisotopic (exact) mass is 311 g/mol. The molecule has 2 aromatic heterocycles. The van der Waals surface area contributed by atoms with Crippen LogP contribution in [0.15, 0.2) is 36.9 Å². The molecule has 0 saturated carbocycles. The predicted molar refractivity (Wildman–Crippen MR) is 88.1 cm³/mol. The molecule has 0 aliphatic carbocycles. The van der Waals surface area contributed by atoms with Crippen molar-refractivity contribution in [3.63, 3.8) is 0 Å². The van der Waals surface area contributed by atoms with Crippen molar-refractivity contribution in [2.45, 2.75) is 26.3 Å². The zero-order valence-corrected chi connectivity index (χ0v) is 13.3. The van der Waals surface area contributed by atoms with Gasteiger partial charge in [-0.25, -0.2) is 9.97 Å². The standard InChI is InChI=1S/C17H21N5O/c1-13-4-3-7-22(11-13)16-8-15(20-12-21-16)17(23)19-10-14-5-2-6-18-9-14/h2,5-6,8-9,12-13H,3-4,7,10-11H2,1H3,(H,19,23). The Bertz CT molecular complexity index is 661. The molecular weight excluding hydrogens is 290 g/mol. The first-order valence-electron chi connectivity index (χ1n) is 7.96. The maximum Gasteiger partial charge on any atom is 0.270 e. The Hall–Kier alpha value is -2.50. The Morgan fingerprint density at radius 1 is 1.43 bits per heavy atom. The second-order valence-electron chi connectivity index (χ2n) is 6.00. The van der Waals surface area contributed by atoms with Gasteiger partial charge in [0.1, 0.15) is 17.8 Å². The number of carbonyl (C=O) groups is 1. The molecule has 1 unspecified atom stereocenters. The number of piperidine rings is 1. The molecule has 0 spiro atoms. The van der Waals surface area contributed by atoms with Gasteiger partial charge in [0.2, 0.25) is 0 Å². The molecule has 3 rings (SSSR count). The molecule has 1 amide bonds. The molecular formula is C17H21N5O. The zero-order valence-electron chi connectivity index (χ0n) is 13.3. The van der Waals surface area contributed by atoms with E-state index < -0.39 is 0 Å². The summed E-state index contributed by atoms with van der Waals surface area (Å²) in [4.78, 5) is 27.0. The topological polar surface area (TPSA) is 71.0 Å². The number of pyridine rings is 1.